The van der Waals surface area contributed by atoms with E-state index in [1.54, 1.807) is 0 Å². The Morgan fingerprint density at radius 2 is 2.09 bits per heavy atom. The molecular weight excluding hydrogens is 141 g/mol. The molecule has 0 spiro atoms. The van der Waals surface area contributed by atoms with Crippen molar-refractivity contribution in [3.8, 4) is 0 Å². The fourth-order valence-electron chi connectivity index (χ4n) is 0.795. The zero-order chi connectivity index (χ0) is 8.53. The summed E-state index contributed by atoms with van der Waals surface area (Å²) in [6.07, 6.45) is 4.72. The highest BCUT2D eigenvalue weighted by molar-refractivity contribution is 4.83. The fourth-order valence-corrected chi connectivity index (χ4v) is 0.795. The second-order valence-corrected chi connectivity index (χ2v) is 2.52. The molecule has 0 aromatic heterocycles. The molecule has 11 heavy (non-hydrogen) atoms. The van der Waals surface area contributed by atoms with Gasteiger partial charge in [0, 0.05) is 6.54 Å². The second kappa shape index (κ2) is 7.73. The molecule has 2 heteroatoms. The lowest BCUT2D eigenvalue weighted by Gasteiger charge is -2.04. The minimum atomic E-state index is -0.724. The maximum Gasteiger partial charge on any atom is 0.116 e. The van der Waals surface area contributed by atoms with Crippen LogP contribution < -0.4 is 5.32 Å². The van der Waals surface area contributed by atoms with Crippen molar-refractivity contribution in [2.75, 3.05) is 13.1 Å². The molecule has 0 amide bonds. The van der Waals surface area contributed by atoms with Crippen molar-refractivity contribution in [1.29, 1.82) is 0 Å². The molecule has 0 saturated carbocycles. The summed E-state index contributed by atoms with van der Waals surface area (Å²) >= 11 is 0. The summed E-state index contributed by atoms with van der Waals surface area (Å²) < 4.78 is 12.8. The van der Waals surface area contributed by atoms with Gasteiger partial charge in [0.25, 0.3) is 0 Å². The molecule has 0 aromatic rings. The van der Waals surface area contributed by atoms with Crippen molar-refractivity contribution < 1.29 is 4.39 Å². The van der Waals surface area contributed by atoms with Crippen LogP contribution in [0.15, 0.2) is 12.2 Å². The average Bonchev–Trinajstić information content (AvgIpc) is 2.01. The number of hydrogen-bond donors (Lipinski definition) is 1. The maximum atomic E-state index is 12.8. The fraction of sp³-hybridized carbons (Fsp3) is 0.778. The number of allylic oxidation sites excluding steroid dienone is 2. The molecule has 0 rings (SSSR count). The van der Waals surface area contributed by atoms with Gasteiger partial charge in [-0.25, -0.2) is 4.39 Å². The van der Waals surface area contributed by atoms with Gasteiger partial charge >= 0.3 is 0 Å². The highest BCUT2D eigenvalue weighted by Gasteiger charge is 2.00. The summed E-state index contributed by atoms with van der Waals surface area (Å²) in [5.74, 6) is 0. The van der Waals surface area contributed by atoms with Crippen LogP contribution in [-0.2, 0) is 0 Å². The van der Waals surface area contributed by atoms with Gasteiger partial charge in [0.2, 0.25) is 0 Å². The van der Waals surface area contributed by atoms with E-state index in [1.165, 1.54) is 0 Å². The Morgan fingerprint density at radius 1 is 1.36 bits per heavy atom. The first-order valence-corrected chi connectivity index (χ1v) is 4.31. The van der Waals surface area contributed by atoms with Crippen molar-refractivity contribution >= 4 is 0 Å². The van der Waals surface area contributed by atoms with Crippen LogP contribution in [0.2, 0.25) is 0 Å². The predicted octanol–water partition coefficient (Wildman–Crippen LogP) is 2.29. The van der Waals surface area contributed by atoms with Crippen LogP contribution in [0.3, 0.4) is 0 Å². The van der Waals surface area contributed by atoms with Gasteiger partial charge in [0.15, 0.2) is 0 Å². The normalized spacial score (nSPS) is 14.1. The summed E-state index contributed by atoms with van der Waals surface area (Å²) in [5, 5.41) is 2.97. The lowest BCUT2D eigenvalue weighted by molar-refractivity contribution is 0.324. The van der Waals surface area contributed by atoms with Gasteiger partial charge in [-0.15, -0.1) is 0 Å². The van der Waals surface area contributed by atoms with Gasteiger partial charge in [-0.3, -0.25) is 0 Å². The van der Waals surface area contributed by atoms with Crippen LogP contribution in [0.1, 0.15) is 26.7 Å². The smallest absolute Gasteiger partial charge is 0.116 e. The van der Waals surface area contributed by atoms with Gasteiger partial charge in [-0.1, -0.05) is 26.0 Å². The Balaban J connectivity index is 3.21. The molecule has 0 aliphatic rings. The molecule has 1 unspecified atom stereocenters. The van der Waals surface area contributed by atoms with Crippen LogP contribution in [0.5, 0.6) is 0 Å². The zero-order valence-electron chi connectivity index (χ0n) is 7.44. The third-order valence-electron chi connectivity index (χ3n) is 1.41. The monoisotopic (exact) mass is 159 g/mol. The SMILES string of the molecule is CC/C=C\CC(F)CNCC. The summed E-state index contributed by atoms with van der Waals surface area (Å²) in [5.41, 5.74) is 0. The number of hydrogen-bond acceptors (Lipinski definition) is 1. The zero-order valence-corrected chi connectivity index (χ0v) is 7.44. The molecular formula is C9H18FN. The third-order valence-corrected chi connectivity index (χ3v) is 1.41. The largest absolute Gasteiger partial charge is 0.314 e. The van der Waals surface area contributed by atoms with Crippen molar-refractivity contribution in [2.24, 2.45) is 0 Å². The Kier molecular flexibility index (Phi) is 7.47. The lowest BCUT2D eigenvalue weighted by atomic mass is 10.2. The van der Waals surface area contributed by atoms with E-state index in [9.17, 15) is 4.39 Å². The second-order valence-electron chi connectivity index (χ2n) is 2.52. The molecule has 0 aromatic carbocycles. The number of nitrogens with one attached hydrogen (secondary N) is 1. The Hall–Kier alpha value is -0.370. The molecule has 0 radical (unpaired) electrons. The van der Waals surface area contributed by atoms with E-state index in [2.05, 4.69) is 5.32 Å². The first-order chi connectivity index (χ1) is 5.31. The first kappa shape index (κ1) is 10.6. The van der Waals surface area contributed by atoms with Crippen LogP contribution in [-0.4, -0.2) is 19.3 Å². The highest BCUT2D eigenvalue weighted by Crippen LogP contribution is 1.97. The van der Waals surface area contributed by atoms with E-state index in [0.29, 0.717) is 13.0 Å². The van der Waals surface area contributed by atoms with Crippen LogP contribution >= 0.6 is 0 Å². The standard InChI is InChI=1S/C9H18FN/c1-3-5-6-7-9(10)8-11-4-2/h5-6,9,11H,3-4,7-8H2,1-2H3/b6-5-. The molecule has 1 atom stereocenters. The van der Waals surface area contributed by atoms with Crippen molar-refractivity contribution in [3.63, 3.8) is 0 Å². The van der Waals surface area contributed by atoms with Gasteiger partial charge in [-0.2, -0.15) is 0 Å². The summed E-state index contributed by atoms with van der Waals surface area (Å²) in [7, 11) is 0. The van der Waals surface area contributed by atoms with Crippen molar-refractivity contribution in [1.82, 2.24) is 5.32 Å². The molecule has 0 bridgehead atoms. The molecule has 0 saturated heterocycles. The predicted molar refractivity (Wildman–Crippen MR) is 47.5 cm³/mol. The molecule has 66 valence electrons. The number of rotatable bonds is 6. The van der Waals surface area contributed by atoms with Gasteiger partial charge in [0.1, 0.15) is 6.17 Å². The Morgan fingerprint density at radius 3 is 2.64 bits per heavy atom. The third kappa shape index (κ3) is 7.53. The van der Waals surface area contributed by atoms with Crippen LogP contribution in [0.4, 0.5) is 4.39 Å². The van der Waals surface area contributed by atoms with Gasteiger partial charge in [-0.05, 0) is 19.4 Å². The van der Waals surface area contributed by atoms with E-state index in [-0.39, 0.29) is 0 Å². The number of halogens is 1. The molecule has 0 fully saturated rings. The number of alkyl halides is 1. The van der Waals surface area contributed by atoms with Gasteiger partial charge in [0.05, 0.1) is 0 Å². The molecule has 1 N–H and O–H groups in total. The Bertz CT molecular complexity index is 102. The minimum absolute atomic E-state index is 0.477. The van der Waals surface area contributed by atoms with E-state index in [4.69, 9.17) is 0 Å². The van der Waals surface area contributed by atoms with E-state index < -0.39 is 6.17 Å². The van der Waals surface area contributed by atoms with Gasteiger partial charge < -0.3 is 5.32 Å². The van der Waals surface area contributed by atoms with Crippen molar-refractivity contribution in [3.05, 3.63) is 12.2 Å². The minimum Gasteiger partial charge on any atom is -0.314 e. The molecule has 0 aliphatic heterocycles. The molecule has 1 nitrogen and oxygen atoms in total. The maximum absolute atomic E-state index is 12.8. The van der Waals surface area contributed by atoms with Crippen LogP contribution in [0.25, 0.3) is 0 Å². The summed E-state index contributed by atoms with van der Waals surface area (Å²) in [4.78, 5) is 0. The molecule has 0 heterocycles. The first-order valence-electron chi connectivity index (χ1n) is 4.31. The topological polar surface area (TPSA) is 12.0 Å². The van der Waals surface area contributed by atoms with Crippen molar-refractivity contribution in [2.45, 2.75) is 32.9 Å². The van der Waals surface area contributed by atoms with Crippen LogP contribution in [0, 0.1) is 0 Å². The van der Waals surface area contributed by atoms with E-state index in [1.807, 2.05) is 26.0 Å². The quantitative estimate of drug-likeness (QED) is 0.586. The van der Waals surface area contributed by atoms with E-state index >= 15 is 0 Å². The average molecular weight is 159 g/mol. The molecule has 0 aliphatic carbocycles. The summed E-state index contributed by atoms with van der Waals surface area (Å²) in [6.45, 7) is 5.35. The highest BCUT2D eigenvalue weighted by atomic mass is 19.1. The Labute approximate surface area is 68.7 Å². The lowest BCUT2D eigenvalue weighted by Crippen LogP contribution is -2.22. The van der Waals surface area contributed by atoms with E-state index in [0.717, 1.165) is 13.0 Å². The summed E-state index contributed by atoms with van der Waals surface area (Å²) in [6, 6.07) is 0.